The summed E-state index contributed by atoms with van der Waals surface area (Å²) >= 11 is 9.14. The van der Waals surface area contributed by atoms with E-state index in [1.165, 1.54) is 17.5 Å². The molecule has 3 aliphatic rings. The van der Waals surface area contributed by atoms with Gasteiger partial charge in [-0.1, -0.05) is 37.9 Å². The van der Waals surface area contributed by atoms with Crippen LogP contribution < -0.4 is 14.9 Å². The second-order valence-corrected chi connectivity index (χ2v) is 26.5. The van der Waals surface area contributed by atoms with Crippen molar-refractivity contribution in [2.24, 2.45) is 14.1 Å². The molecule has 0 aliphatic carbocycles. The van der Waals surface area contributed by atoms with Gasteiger partial charge >= 0.3 is 19.3 Å². The maximum atomic E-state index is 15.0. The second kappa shape index (κ2) is 28.1. The van der Waals surface area contributed by atoms with E-state index in [4.69, 9.17) is 37.7 Å². The van der Waals surface area contributed by atoms with Gasteiger partial charge < -0.3 is 47.5 Å². The number of aromatic nitrogens is 4. The monoisotopic (exact) mass is 1380 g/mol. The van der Waals surface area contributed by atoms with Gasteiger partial charge in [0, 0.05) is 96.1 Å². The molecule has 2 aromatic heterocycles. The van der Waals surface area contributed by atoms with Gasteiger partial charge in [-0.3, -0.25) is 9.36 Å². The molecule has 0 spiro atoms. The third-order valence-corrected chi connectivity index (χ3v) is 16.1. The summed E-state index contributed by atoms with van der Waals surface area (Å²) in [5.41, 5.74) is 1.41. The minimum atomic E-state index is -0.747. The molecule has 6 aromatic rings. The van der Waals surface area contributed by atoms with Crippen LogP contribution in [0.4, 0.5) is 18.4 Å². The lowest BCUT2D eigenvalue weighted by Crippen LogP contribution is -2.41. The van der Waals surface area contributed by atoms with Gasteiger partial charge in [0.2, 0.25) is 0 Å². The van der Waals surface area contributed by atoms with Crippen molar-refractivity contribution in [2.75, 3.05) is 52.7 Å². The van der Waals surface area contributed by atoms with Crippen LogP contribution in [0.2, 0.25) is 0 Å². The van der Waals surface area contributed by atoms with Crippen LogP contribution in [-0.4, -0.2) is 136 Å². The van der Waals surface area contributed by atoms with Gasteiger partial charge in [-0.2, -0.15) is 10.2 Å². The molecule has 0 saturated carbocycles. The summed E-state index contributed by atoms with van der Waals surface area (Å²) < 4.78 is 82.2. The molecule has 0 bridgehead atoms. The lowest BCUT2D eigenvalue weighted by atomic mass is 9.78. The summed E-state index contributed by atoms with van der Waals surface area (Å²) in [5, 5.41) is 10.9. The van der Waals surface area contributed by atoms with Crippen LogP contribution in [-0.2, 0) is 42.4 Å². The standard InChI is InChI=1S/C27H33BrFN3O4.C25H39BFNO6.C8H6BrIN2/c1-27(2,3)36-26(33)32-12-5-7-19(32)17-34-13-6-14-35-20-9-11-21(23(29)16-20)25-22-10-8-18(28)15-24(22)31(4)30-25;1-23(2,3)32-22(29)28-13-8-10-18(28)17-30-14-9-15-31-19-11-12-20(21(27)16-19)26-33-24(4,5)25(6,7)34-26;1-12-7-4-5(9)2-3-6(7)8(10)11-12/h8-11,15-16,19H,5-7,12-14,17H2,1-4H3;11-12,16,18H,8-10,13-15,17H2,1-7H3;2-4H,1H3/t19-;18-;/m00./s1. The largest absolute Gasteiger partial charge is 0.497 e. The molecule has 9 rings (SSSR count). The molecule has 16 nitrogen and oxygen atoms in total. The van der Waals surface area contributed by atoms with E-state index in [2.05, 4.69) is 76.8 Å². The Kier molecular flexibility index (Phi) is 22.2. The Morgan fingerprint density at radius 2 is 1.12 bits per heavy atom. The number of carbonyl (C=O) groups excluding carboxylic acids is 2. The summed E-state index contributed by atoms with van der Waals surface area (Å²) in [6.45, 7) is 23.1. The highest BCUT2D eigenvalue weighted by molar-refractivity contribution is 14.1. The molecule has 446 valence electrons. The van der Waals surface area contributed by atoms with Crippen LogP contribution in [0.25, 0.3) is 33.1 Å². The Balaban J connectivity index is 0.000000196. The van der Waals surface area contributed by atoms with E-state index in [-0.39, 0.29) is 30.1 Å². The van der Waals surface area contributed by atoms with E-state index in [9.17, 15) is 18.4 Å². The van der Waals surface area contributed by atoms with Gasteiger partial charge in [-0.05, 0) is 172 Å². The van der Waals surface area contributed by atoms with E-state index >= 15 is 0 Å². The highest BCUT2D eigenvalue weighted by Gasteiger charge is 2.52. The van der Waals surface area contributed by atoms with Gasteiger partial charge in [0.25, 0.3) is 0 Å². The maximum absolute atomic E-state index is 15.0. The van der Waals surface area contributed by atoms with Gasteiger partial charge in [0.05, 0.1) is 60.7 Å². The molecule has 3 saturated heterocycles. The minimum Gasteiger partial charge on any atom is -0.493 e. The first-order chi connectivity index (χ1) is 38.6. The molecular formula is C60H78BBr2F2IN6O10. The number of halogens is 5. The van der Waals surface area contributed by atoms with E-state index in [0.717, 1.165) is 54.7 Å². The zero-order valence-corrected chi connectivity index (χ0v) is 54.5. The van der Waals surface area contributed by atoms with Crippen molar-refractivity contribution in [3.63, 3.8) is 0 Å². The summed E-state index contributed by atoms with van der Waals surface area (Å²) in [5.74, 6) is 0.113. The Morgan fingerprint density at radius 1 is 0.659 bits per heavy atom. The van der Waals surface area contributed by atoms with E-state index in [1.54, 1.807) is 38.7 Å². The van der Waals surface area contributed by atoms with Crippen molar-refractivity contribution >= 4 is 101 Å². The van der Waals surface area contributed by atoms with Gasteiger partial charge in [-0.15, -0.1) is 0 Å². The average molecular weight is 1380 g/mol. The lowest BCUT2D eigenvalue weighted by molar-refractivity contribution is 0.00578. The van der Waals surface area contributed by atoms with Gasteiger partial charge in [0.1, 0.15) is 43.7 Å². The summed E-state index contributed by atoms with van der Waals surface area (Å²) in [6, 6.07) is 21.7. The summed E-state index contributed by atoms with van der Waals surface area (Å²) in [4.78, 5) is 28.2. The van der Waals surface area contributed by atoms with E-state index in [0.29, 0.717) is 93.8 Å². The fourth-order valence-electron chi connectivity index (χ4n) is 9.43. The predicted octanol–water partition coefficient (Wildman–Crippen LogP) is 13.6. The molecule has 22 heteroatoms. The first kappa shape index (κ1) is 65.0. The second-order valence-electron chi connectivity index (χ2n) is 23.6. The third kappa shape index (κ3) is 17.5. The number of likely N-dealkylation sites (tertiary alicyclic amines) is 2. The number of rotatable bonds is 16. The quantitative estimate of drug-likeness (QED) is 0.0515. The lowest BCUT2D eigenvalue weighted by Gasteiger charge is -2.32. The molecule has 0 N–H and O–H groups in total. The smallest absolute Gasteiger partial charge is 0.493 e. The number of nitrogens with zero attached hydrogens (tertiary/aromatic N) is 6. The Bertz CT molecular complexity index is 3140. The molecule has 0 unspecified atom stereocenters. The highest BCUT2D eigenvalue weighted by Crippen LogP contribution is 2.37. The number of carbonyl (C=O) groups is 2. The zero-order valence-electron chi connectivity index (χ0n) is 49.2. The van der Waals surface area contributed by atoms with Crippen molar-refractivity contribution in [3.05, 3.63) is 97.1 Å². The molecule has 3 aliphatic heterocycles. The molecule has 82 heavy (non-hydrogen) atoms. The zero-order chi connectivity index (χ0) is 59.7. The first-order valence-corrected chi connectivity index (χ1v) is 30.5. The molecule has 3 fully saturated rings. The number of hydrogen-bond donors (Lipinski definition) is 0. The fourth-order valence-corrected chi connectivity index (χ4v) is 10.9. The fraction of sp³-hybridized carbons (Fsp3) is 0.533. The predicted molar refractivity (Wildman–Crippen MR) is 331 cm³/mol. The average Bonchev–Trinajstić information content (AvgIpc) is 3.27. The molecule has 4 aromatic carbocycles. The SMILES string of the molecule is CC(C)(C)OC(=O)N1CCC[C@H]1COCCCOc1ccc(B2OC(C)(C)C(C)(C)O2)c(F)c1.Cn1nc(-c2ccc(OCCCOC[C@@H]3CCCN3C(=O)OC(C)(C)C)cc2F)c2ccc(Br)cc21.Cn1nc(I)c2ccc(Br)cc21. The Hall–Kier alpha value is -4.59. The van der Waals surface area contributed by atoms with Crippen LogP contribution in [0, 0.1) is 15.3 Å². The molecular weight excluding hydrogens is 1300 g/mol. The normalized spacial score (nSPS) is 17.6. The van der Waals surface area contributed by atoms with Crippen molar-refractivity contribution in [1.29, 1.82) is 0 Å². The number of hydrogen-bond acceptors (Lipinski definition) is 12. The number of ether oxygens (including phenoxy) is 6. The minimum absolute atomic E-state index is 0.0335. The van der Waals surface area contributed by atoms with Crippen molar-refractivity contribution in [3.8, 4) is 22.8 Å². The van der Waals surface area contributed by atoms with Crippen LogP contribution in [0.1, 0.15) is 108 Å². The maximum Gasteiger partial charge on any atom is 0.497 e. The Morgan fingerprint density at radius 3 is 1.61 bits per heavy atom. The van der Waals surface area contributed by atoms with Gasteiger partial charge in [0.15, 0.2) is 0 Å². The summed E-state index contributed by atoms with van der Waals surface area (Å²) in [7, 11) is 3.05. The van der Waals surface area contributed by atoms with Crippen LogP contribution >= 0.6 is 54.5 Å². The summed E-state index contributed by atoms with van der Waals surface area (Å²) in [6.07, 6.45) is 4.45. The molecule has 5 heterocycles. The Labute approximate surface area is 512 Å². The van der Waals surface area contributed by atoms with Crippen LogP contribution in [0.15, 0.2) is 81.7 Å². The number of aryl methyl sites for hydroxylation is 2. The van der Waals surface area contributed by atoms with Crippen molar-refractivity contribution in [1.82, 2.24) is 29.4 Å². The van der Waals surface area contributed by atoms with E-state index < -0.39 is 35.3 Å². The van der Waals surface area contributed by atoms with Crippen molar-refractivity contribution in [2.45, 2.75) is 142 Å². The topological polar surface area (TPSA) is 150 Å². The van der Waals surface area contributed by atoms with Gasteiger partial charge in [-0.25, -0.2) is 18.4 Å². The van der Waals surface area contributed by atoms with Crippen molar-refractivity contribution < 1.29 is 56.1 Å². The van der Waals surface area contributed by atoms with E-state index in [1.807, 2.05) is 112 Å². The van der Waals surface area contributed by atoms with Crippen LogP contribution in [0.3, 0.4) is 0 Å². The molecule has 0 radical (unpaired) electrons. The molecule has 2 amide bonds. The first-order valence-electron chi connectivity index (χ1n) is 27.8. The number of amides is 2. The third-order valence-electron chi connectivity index (χ3n) is 14.3. The number of benzene rings is 4. The molecule has 2 atom stereocenters. The highest BCUT2D eigenvalue weighted by atomic mass is 127. The van der Waals surface area contributed by atoms with Crippen LogP contribution in [0.5, 0.6) is 11.5 Å². The number of fused-ring (bicyclic) bond motifs is 2.